The quantitative estimate of drug-likeness (QED) is 0.244. The van der Waals surface area contributed by atoms with E-state index in [-0.39, 0.29) is 50.4 Å². The number of halogens is 12. The Morgan fingerprint density at radius 3 is 0.914 bits per heavy atom. The summed E-state index contributed by atoms with van der Waals surface area (Å²) >= 11 is 0. The predicted molar refractivity (Wildman–Crippen MR) is 102 cm³/mol. The Morgan fingerprint density at radius 1 is 0.429 bits per heavy atom. The van der Waals surface area contributed by atoms with Crippen molar-refractivity contribution >= 4 is 0 Å². The molecule has 1 nitrogen and oxygen atoms in total. The number of hydrogen-bond donors (Lipinski definition) is 0. The molecule has 204 valence electrons. The van der Waals surface area contributed by atoms with E-state index in [9.17, 15) is 52.7 Å². The van der Waals surface area contributed by atoms with Crippen LogP contribution in [0.2, 0.25) is 0 Å². The minimum absolute atomic E-state index is 0.119. The highest BCUT2D eigenvalue weighted by Gasteiger charge is 2.73. The van der Waals surface area contributed by atoms with E-state index < -0.39 is 73.1 Å². The molecule has 2 aliphatic rings. The summed E-state index contributed by atoms with van der Waals surface area (Å²) in [6.07, 6.45) is -24.4. The zero-order chi connectivity index (χ0) is 26.8. The van der Waals surface area contributed by atoms with Gasteiger partial charge in [-0.15, -0.1) is 0 Å². The molecule has 0 aromatic carbocycles. The summed E-state index contributed by atoms with van der Waals surface area (Å²) in [5.74, 6) is -3.79. The van der Waals surface area contributed by atoms with Gasteiger partial charge in [0.25, 0.3) is 0 Å². The van der Waals surface area contributed by atoms with Crippen LogP contribution in [0.3, 0.4) is 0 Å². The fraction of sp³-hybridized carbons (Fsp3) is 0.818. The van der Waals surface area contributed by atoms with Crippen LogP contribution >= 0.6 is 0 Å². The number of ether oxygens (including phenoxy) is 1. The highest BCUT2D eigenvalue weighted by atomic mass is 19.4. The lowest BCUT2D eigenvalue weighted by atomic mass is 9.67. The summed E-state index contributed by atoms with van der Waals surface area (Å²) in [4.78, 5) is 0. The maximum atomic E-state index is 13.8. The topological polar surface area (TPSA) is 9.23 Å². The van der Waals surface area contributed by atoms with Crippen molar-refractivity contribution in [3.8, 4) is 0 Å². The second-order valence-corrected chi connectivity index (χ2v) is 9.14. The van der Waals surface area contributed by atoms with Gasteiger partial charge in [-0.2, -0.15) is 52.7 Å². The molecule has 0 aliphatic heterocycles. The first kappa shape index (κ1) is 29.7. The molecule has 0 aromatic rings. The predicted octanol–water partition coefficient (Wildman–Crippen LogP) is 9.41. The standard InChI is InChI=1S/C22H26F12O/c23-19(24,25)17(20(26,27)28,15-7-3-1-4-8-15)11-13-35-14-12-18(21(29,30)31,22(32,33)34)16-9-5-2-6-10-16/h11-16H,1-10H2. The van der Waals surface area contributed by atoms with Crippen molar-refractivity contribution in [3.05, 3.63) is 24.7 Å². The van der Waals surface area contributed by atoms with E-state index in [0.717, 1.165) is 0 Å². The molecule has 0 atom stereocenters. The Labute approximate surface area is 194 Å². The van der Waals surface area contributed by atoms with E-state index in [2.05, 4.69) is 4.74 Å². The number of rotatable bonds is 6. The Kier molecular flexibility index (Phi) is 8.84. The molecule has 13 heteroatoms. The minimum atomic E-state index is -5.82. The van der Waals surface area contributed by atoms with Gasteiger partial charge in [0.05, 0.1) is 12.5 Å². The van der Waals surface area contributed by atoms with Crippen LogP contribution in [-0.2, 0) is 4.74 Å². The van der Waals surface area contributed by atoms with E-state index in [0.29, 0.717) is 12.8 Å². The number of alkyl halides is 12. The number of hydrogen-bond acceptors (Lipinski definition) is 1. The van der Waals surface area contributed by atoms with E-state index in [4.69, 9.17) is 0 Å². The maximum Gasteiger partial charge on any atom is 0.406 e. The van der Waals surface area contributed by atoms with Crippen molar-refractivity contribution in [3.63, 3.8) is 0 Å². The first-order chi connectivity index (χ1) is 15.9. The van der Waals surface area contributed by atoms with Crippen LogP contribution < -0.4 is 0 Å². The molecule has 2 rings (SSSR count). The summed E-state index contributed by atoms with van der Waals surface area (Å²) in [5, 5.41) is 0. The highest BCUT2D eigenvalue weighted by Crippen LogP contribution is 2.60. The first-order valence-electron chi connectivity index (χ1n) is 11.2. The fourth-order valence-corrected chi connectivity index (χ4v) is 5.35. The Balaban J connectivity index is 2.42. The normalized spacial score (nSPS) is 21.3. The highest BCUT2D eigenvalue weighted by molar-refractivity contribution is 5.13. The molecule has 0 bridgehead atoms. The zero-order valence-corrected chi connectivity index (χ0v) is 18.5. The molecule has 0 amide bonds. The summed E-state index contributed by atoms with van der Waals surface area (Å²) in [5.41, 5.74) is -8.69. The average molecular weight is 534 g/mol. The van der Waals surface area contributed by atoms with Crippen molar-refractivity contribution < 1.29 is 57.4 Å². The van der Waals surface area contributed by atoms with Crippen LogP contribution in [0, 0.1) is 22.7 Å². The molecule has 35 heavy (non-hydrogen) atoms. The van der Waals surface area contributed by atoms with Crippen molar-refractivity contribution in [2.75, 3.05) is 0 Å². The molecule has 0 heterocycles. The van der Waals surface area contributed by atoms with Crippen LogP contribution in [0.1, 0.15) is 64.2 Å². The number of allylic oxidation sites excluding steroid dienone is 2. The van der Waals surface area contributed by atoms with Gasteiger partial charge in [-0.05, 0) is 49.7 Å². The van der Waals surface area contributed by atoms with Gasteiger partial charge in [0.15, 0.2) is 10.8 Å². The van der Waals surface area contributed by atoms with Gasteiger partial charge in [-0.1, -0.05) is 38.5 Å². The van der Waals surface area contributed by atoms with Gasteiger partial charge in [-0.25, -0.2) is 0 Å². The van der Waals surface area contributed by atoms with Crippen LogP contribution in [0.25, 0.3) is 0 Å². The van der Waals surface area contributed by atoms with Crippen LogP contribution in [0.5, 0.6) is 0 Å². The van der Waals surface area contributed by atoms with Crippen molar-refractivity contribution in [2.45, 2.75) is 88.9 Å². The van der Waals surface area contributed by atoms with Crippen molar-refractivity contribution in [1.29, 1.82) is 0 Å². The minimum Gasteiger partial charge on any atom is -0.473 e. The lowest BCUT2D eigenvalue weighted by Crippen LogP contribution is -2.54. The molecule has 0 N–H and O–H groups in total. The molecule has 0 unspecified atom stereocenters. The summed E-state index contributed by atoms with van der Waals surface area (Å²) < 4.78 is 170. The largest absolute Gasteiger partial charge is 0.473 e. The summed E-state index contributed by atoms with van der Waals surface area (Å²) in [7, 11) is 0. The summed E-state index contributed by atoms with van der Waals surface area (Å²) in [6, 6.07) is 0. The smallest absolute Gasteiger partial charge is 0.406 e. The van der Waals surface area contributed by atoms with Gasteiger partial charge in [0.2, 0.25) is 0 Å². The molecule has 2 saturated carbocycles. The van der Waals surface area contributed by atoms with Gasteiger partial charge < -0.3 is 4.74 Å². The molecule has 2 aliphatic carbocycles. The Morgan fingerprint density at radius 2 is 0.686 bits per heavy atom. The first-order valence-corrected chi connectivity index (χ1v) is 11.2. The SMILES string of the molecule is FC(F)(F)C(C=COC=CC(C1CCCCC1)(C(F)(F)F)C(F)(F)F)(C1CCCCC1)C(F)(F)F. The van der Waals surface area contributed by atoms with Gasteiger partial charge in [0.1, 0.15) is 0 Å². The second-order valence-electron chi connectivity index (χ2n) is 9.14. The lowest BCUT2D eigenvalue weighted by Gasteiger charge is -2.42. The maximum absolute atomic E-state index is 13.8. The van der Waals surface area contributed by atoms with E-state index in [1.807, 2.05) is 0 Å². The molecule has 0 spiro atoms. The Hall–Kier alpha value is -1.56. The van der Waals surface area contributed by atoms with Gasteiger partial charge in [-0.3, -0.25) is 0 Å². The van der Waals surface area contributed by atoms with Crippen molar-refractivity contribution in [1.82, 2.24) is 0 Å². The third-order valence-electron chi connectivity index (χ3n) is 7.19. The van der Waals surface area contributed by atoms with Gasteiger partial charge in [0, 0.05) is 0 Å². The molecule has 0 saturated heterocycles. The molecule has 0 radical (unpaired) electrons. The monoisotopic (exact) mass is 534 g/mol. The second kappa shape index (κ2) is 10.4. The summed E-state index contributed by atoms with van der Waals surface area (Å²) in [6.45, 7) is 0. The molecule has 0 aromatic heterocycles. The third-order valence-corrected chi connectivity index (χ3v) is 7.19. The zero-order valence-electron chi connectivity index (χ0n) is 18.5. The van der Waals surface area contributed by atoms with Crippen LogP contribution in [-0.4, -0.2) is 24.7 Å². The van der Waals surface area contributed by atoms with E-state index in [1.54, 1.807) is 0 Å². The van der Waals surface area contributed by atoms with Crippen LogP contribution in [0.4, 0.5) is 52.7 Å². The lowest BCUT2D eigenvalue weighted by molar-refractivity contribution is -0.341. The van der Waals surface area contributed by atoms with E-state index in [1.165, 1.54) is 0 Å². The van der Waals surface area contributed by atoms with Crippen molar-refractivity contribution in [2.24, 2.45) is 22.7 Å². The third kappa shape index (κ3) is 5.73. The van der Waals surface area contributed by atoms with Gasteiger partial charge >= 0.3 is 24.7 Å². The molecule has 2 fully saturated rings. The van der Waals surface area contributed by atoms with E-state index >= 15 is 0 Å². The van der Waals surface area contributed by atoms with Crippen LogP contribution in [0.15, 0.2) is 24.7 Å². The Bertz CT molecular complexity index is 639. The molecular formula is C22H26F12O. The molecular weight excluding hydrogens is 508 g/mol. The fourth-order valence-electron chi connectivity index (χ4n) is 5.35. The average Bonchev–Trinajstić information content (AvgIpc) is 2.71.